The Morgan fingerprint density at radius 3 is 2.48 bits per heavy atom. The van der Waals surface area contributed by atoms with Gasteiger partial charge in [-0.05, 0) is 31.8 Å². The number of rotatable bonds is 10. The van der Waals surface area contributed by atoms with E-state index in [0.717, 1.165) is 48.8 Å². The summed E-state index contributed by atoms with van der Waals surface area (Å²) in [6.45, 7) is -0.278. The van der Waals surface area contributed by atoms with Gasteiger partial charge in [0.25, 0.3) is 0 Å². The van der Waals surface area contributed by atoms with Gasteiger partial charge < -0.3 is 59.6 Å². The summed E-state index contributed by atoms with van der Waals surface area (Å²) in [6, 6.07) is 0. The van der Waals surface area contributed by atoms with E-state index in [2.05, 4.69) is 0 Å². The first kappa shape index (κ1) is 34.0. The third-order valence-electron chi connectivity index (χ3n) is 8.33. The number of esters is 1. The maximum atomic E-state index is 12.9. The lowest BCUT2D eigenvalue weighted by Crippen LogP contribution is -3.08. The Morgan fingerprint density at radius 1 is 1.11 bits per heavy atom. The van der Waals surface area contributed by atoms with Crippen LogP contribution in [0.2, 0.25) is 0 Å². The number of aliphatic carboxylic acids is 1. The van der Waals surface area contributed by atoms with E-state index in [1.807, 2.05) is 6.08 Å². The van der Waals surface area contributed by atoms with Gasteiger partial charge in [-0.25, -0.2) is 9.59 Å². The number of carboxylic acids is 1. The molecule has 3 aliphatic heterocycles. The standard InChI is InChI=1S/C30H41NO13/c1-41-27(38)22-16-42-28(44-29-25(35)30(39,40)24(34)23(15-33)43-29)21(12-17-5-3-2-4-6-17)20(22)8-7-18-11-19(26(36)37)14-31(13-18)9-10-32/h7-8,11-12,14,16,20-21,23-25,28-29,32-35,39-40H,2-6,9-10,13,15H2,1H3,(H,36,37)/p+1. The fraction of sp³-hybridized carbons (Fsp3) is 0.600. The molecule has 8 N–H and O–H groups in total. The van der Waals surface area contributed by atoms with Crippen molar-refractivity contribution in [2.75, 3.05) is 33.4 Å². The van der Waals surface area contributed by atoms with Crippen molar-refractivity contribution in [1.82, 2.24) is 0 Å². The van der Waals surface area contributed by atoms with Crippen molar-refractivity contribution in [3.63, 3.8) is 0 Å². The molecule has 0 radical (unpaired) electrons. The van der Waals surface area contributed by atoms with Crippen LogP contribution in [0.5, 0.6) is 0 Å². The minimum atomic E-state index is -3.07. The van der Waals surface area contributed by atoms with Crippen LogP contribution in [0.1, 0.15) is 32.1 Å². The van der Waals surface area contributed by atoms with Crippen molar-refractivity contribution in [1.29, 1.82) is 0 Å². The Labute approximate surface area is 254 Å². The smallest absolute Gasteiger partial charge is 0.341 e. The van der Waals surface area contributed by atoms with Crippen molar-refractivity contribution < 1.29 is 69.2 Å². The zero-order chi connectivity index (χ0) is 32.0. The van der Waals surface area contributed by atoms with Gasteiger partial charge in [0.1, 0.15) is 37.1 Å². The molecule has 8 atom stereocenters. The highest BCUT2D eigenvalue weighted by molar-refractivity contribution is 5.90. The number of allylic oxidation sites excluding steroid dienone is 2. The van der Waals surface area contributed by atoms with Crippen LogP contribution in [0.3, 0.4) is 0 Å². The molecule has 0 aromatic rings. The molecule has 1 saturated heterocycles. The number of carboxylic acid groups (broad SMARTS) is 1. The Hall–Kier alpha value is -2.92. The van der Waals surface area contributed by atoms with Gasteiger partial charge in [-0.1, -0.05) is 30.2 Å². The predicted molar refractivity (Wildman–Crippen MR) is 150 cm³/mol. The Kier molecular flexibility index (Phi) is 11.5. The lowest BCUT2D eigenvalue weighted by Gasteiger charge is -2.46. The molecule has 3 heterocycles. The minimum Gasteiger partial charge on any atom is -0.477 e. The Morgan fingerprint density at radius 2 is 1.84 bits per heavy atom. The highest BCUT2D eigenvalue weighted by Crippen LogP contribution is 2.39. The van der Waals surface area contributed by atoms with Crippen LogP contribution in [0.25, 0.3) is 0 Å². The second-order valence-electron chi connectivity index (χ2n) is 11.4. The number of nitrogens with one attached hydrogen (secondary N) is 1. The highest BCUT2D eigenvalue weighted by Gasteiger charge is 2.56. The lowest BCUT2D eigenvalue weighted by atomic mass is 9.80. The molecular formula is C30H42NO13+. The molecule has 244 valence electrons. The zero-order valence-electron chi connectivity index (χ0n) is 24.4. The summed E-state index contributed by atoms with van der Waals surface area (Å²) >= 11 is 0. The first-order valence-corrected chi connectivity index (χ1v) is 14.7. The number of carbonyl (C=O) groups excluding carboxylic acids is 1. The Bertz CT molecular complexity index is 1200. The molecule has 4 rings (SSSR count). The molecule has 0 aromatic heterocycles. The van der Waals surface area contributed by atoms with Crippen molar-refractivity contribution in [3.8, 4) is 0 Å². The van der Waals surface area contributed by atoms with Gasteiger partial charge in [0, 0.05) is 11.5 Å². The maximum absolute atomic E-state index is 12.9. The summed E-state index contributed by atoms with van der Waals surface area (Å²) in [6.07, 6.45) is 5.44. The first-order valence-electron chi connectivity index (χ1n) is 14.7. The van der Waals surface area contributed by atoms with Gasteiger partial charge in [-0.3, -0.25) is 0 Å². The average Bonchev–Trinajstić information content (AvgIpc) is 3.01. The molecule has 44 heavy (non-hydrogen) atoms. The maximum Gasteiger partial charge on any atom is 0.341 e. The van der Waals surface area contributed by atoms with Gasteiger partial charge in [-0.2, -0.15) is 0 Å². The molecule has 14 heteroatoms. The number of hydrogen-bond donors (Lipinski definition) is 8. The average molecular weight is 625 g/mol. The van der Waals surface area contributed by atoms with Crippen LogP contribution in [-0.2, 0) is 28.5 Å². The molecule has 8 unspecified atom stereocenters. The van der Waals surface area contributed by atoms with Crippen molar-refractivity contribution in [2.45, 2.75) is 68.8 Å². The molecule has 4 aliphatic rings. The summed E-state index contributed by atoms with van der Waals surface area (Å²) in [5.74, 6) is -6.35. The number of aliphatic hydroxyl groups is 6. The van der Waals surface area contributed by atoms with E-state index < -0.39 is 67.1 Å². The quantitative estimate of drug-likeness (QED) is 0.0751. The van der Waals surface area contributed by atoms with E-state index in [-0.39, 0.29) is 17.8 Å². The number of methoxy groups -OCH3 is 1. The summed E-state index contributed by atoms with van der Waals surface area (Å²) in [5, 5.41) is 70.2. The number of quaternary nitrogens is 1. The molecule has 14 nitrogen and oxygen atoms in total. The van der Waals surface area contributed by atoms with Crippen LogP contribution in [0, 0.1) is 11.8 Å². The predicted octanol–water partition coefficient (Wildman–Crippen LogP) is -2.00. The van der Waals surface area contributed by atoms with Crippen molar-refractivity contribution in [3.05, 3.63) is 59.1 Å². The van der Waals surface area contributed by atoms with Crippen LogP contribution < -0.4 is 4.90 Å². The molecule has 0 spiro atoms. The number of carbonyl (C=O) groups is 2. The molecule has 0 bridgehead atoms. The van der Waals surface area contributed by atoms with Gasteiger partial charge in [0.15, 0.2) is 12.4 Å². The van der Waals surface area contributed by atoms with Gasteiger partial charge in [0.2, 0.25) is 12.1 Å². The third kappa shape index (κ3) is 7.65. The van der Waals surface area contributed by atoms with Crippen molar-refractivity contribution in [2.24, 2.45) is 11.8 Å². The van der Waals surface area contributed by atoms with E-state index in [9.17, 15) is 45.3 Å². The van der Waals surface area contributed by atoms with Gasteiger partial charge >= 0.3 is 11.9 Å². The fourth-order valence-corrected chi connectivity index (χ4v) is 5.91. The molecule has 1 saturated carbocycles. The third-order valence-corrected chi connectivity index (χ3v) is 8.33. The molecule has 0 aromatic carbocycles. The summed E-state index contributed by atoms with van der Waals surface area (Å²) < 4.78 is 22.3. The summed E-state index contributed by atoms with van der Waals surface area (Å²) in [4.78, 5) is 25.4. The highest BCUT2D eigenvalue weighted by atomic mass is 16.8. The summed E-state index contributed by atoms with van der Waals surface area (Å²) in [7, 11) is 1.22. The molecule has 2 fully saturated rings. The van der Waals surface area contributed by atoms with Crippen LogP contribution in [0.4, 0.5) is 0 Å². The van der Waals surface area contributed by atoms with E-state index >= 15 is 0 Å². The van der Waals surface area contributed by atoms with Gasteiger partial charge in [0.05, 0.1) is 38.1 Å². The van der Waals surface area contributed by atoms with Crippen LogP contribution >= 0.6 is 0 Å². The second-order valence-corrected chi connectivity index (χ2v) is 11.4. The normalized spacial score (nSPS) is 34.0. The Balaban J connectivity index is 1.72. The fourth-order valence-electron chi connectivity index (χ4n) is 5.91. The SMILES string of the molecule is COC(=O)C1=COC(OC2OC(CO)C(O)C(O)(O)C2O)C(C=C2CCCCC2)C1C=CC1=CC(C(=O)O)=C[NH+](CCO)C1. The van der Waals surface area contributed by atoms with E-state index in [1.54, 1.807) is 12.2 Å². The topological polar surface area (TPSA) is 217 Å². The monoisotopic (exact) mass is 624 g/mol. The number of hydrogen-bond acceptors (Lipinski definition) is 12. The van der Waals surface area contributed by atoms with Crippen LogP contribution in [0.15, 0.2) is 59.1 Å². The van der Waals surface area contributed by atoms with Crippen LogP contribution in [-0.4, -0.2) is 118 Å². The second kappa shape index (κ2) is 14.9. The van der Waals surface area contributed by atoms with E-state index in [1.165, 1.54) is 19.4 Å². The largest absolute Gasteiger partial charge is 0.477 e. The van der Waals surface area contributed by atoms with Gasteiger partial charge in [-0.15, -0.1) is 0 Å². The zero-order valence-corrected chi connectivity index (χ0v) is 24.4. The van der Waals surface area contributed by atoms with E-state index in [4.69, 9.17) is 18.9 Å². The molecule has 0 amide bonds. The number of ether oxygens (including phenoxy) is 4. The first-order chi connectivity index (χ1) is 21.0. The molecule has 1 aliphatic carbocycles. The summed E-state index contributed by atoms with van der Waals surface area (Å²) in [5.41, 5.74) is 1.90. The number of aliphatic hydroxyl groups excluding tert-OH is 4. The minimum absolute atomic E-state index is 0.0534. The van der Waals surface area contributed by atoms with Crippen molar-refractivity contribution >= 4 is 11.9 Å². The lowest BCUT2D eigenvalue weighted by molar-refractivity contribution is -0.842. The molecular weight excluding hydrogens is 582 g/mol. The van der Waals surface area contributed by atoms with E-state index in [0.29, 0.717) is 18.7 Å².